The van der Waals surface area contributed by atoms with Crippen LogP contribution in [0, 0.1) is 11.3 Å². The largest absolute Gasteiger partial charge is 0.503 e. The normalized spacial score (nSPS) is 21.0. The first-order valence-electron chi connectivity index (χ1n) is 9.39. The van der Waals surface area contributed by atoms with Gasteiger partial charge < -0.3 is 20.3 Å². The maximum Gasteiger partial charge on any atom is 0.205 e. The summed E-state index contributed by atoms with van der Waals surface area (Å²) in [5.41, 5.74) is 8.36. The third-order valence-corrected chi connectivity index (χ3v) is 6.14. The fraction of sp³-hybridized carbons (Fsp3) is 0.217. The zero-order valence-corrected chi connectivity index (χ0v) is 17.8. The number of methoxy groups -OCH3 is 1. The second-order valence-electron chi connectivity index (χ2n) is 7.25. The molecule has 1 aliphatic heterocycles. The number of benzene rings is 2. The molecule has 4 rings (SSSR count). The van der Waals surface area contributed by atoms with Gasteiger partial charge in [0.1, 0.15) is 17.4 Å². The molecule has 152 valence electrons. The molecule has 0 fully saturated rings. The van der Waals surface area contributed by atoms with E-state index in [0.717, 1.165) is 5.56 Å². The third kappa shape index (κ3) is 3.33. The van der Waals surface area contributed by atoms with Crippen LogP contribution in [0.25, 0.3) is 0 Å². The molecule has 2 aromatic carbocycles. The Bertz CT molecular complexity index is 1130. The second-order valence-corrected chi connectivity index (χ2v) is 8.11. The number of Topliss-reactive ketones (excluding diaryl/α,β-unsaturated/α-hetero) is 1. The number of carbonyl (C=O) groups is 1. The number of aromatic hydroxyl groups is 1. The molecule has 7 heteroatoms. The van der Waals surface area contributed by atoms with Gasteiger partial charge in [-0.25, -0.2) is 0 Å². The van der Waals surface area contributed by atoms with Gasteiger partial charge in [0, 0.05) is 18.4 Å². The van der Waals surface area contributed by atoms with Crippen molar-refractivity contribution in [2.24, 2.45) is 5.73 Å². The van der Waals surface area contributed by atoms with Gasteiger partial charge in [-0.3, -0.25) is 4.79 Å². The van der Waals surface area contributed by atoms with Gasteiger partial charge in [0.25, 0.3) is 0 Å². The smallest absolute Gasteiger partial charge is 0.205 e. The first-order valence-corrected chi connectivity index (χ1v) is 10.2. The summed E-state index contributed by atoms with van der Waals surface area (Å²) in [7, 11) is 1.44. The number of phenolic OH excluding ortho intramolecular Hbond substituents is 1. The number of nitrogens with two attached hydrogens (primary N) is 1. The molecular formula is C23H19BrN2O4. The summed E-state index contributed by atoms with van der Waals surface area (Å²) in [6, 6.07) is 15.2. The molecule has 0 saturated heterocycles. The quantitative estimate of drug-likeness (QED) is 0.695. The zero-order chi connectivity index (χ0) is 21.4. The number of carbonyl (C=O) groups excluding carboxylic acids is 1. The standard InChI is InChI=1S/C23H19BrN2O4/c1-29-19-10-14(7-16(24)22(19)28)20-15(11-25)23(26)30-18-9-13(8-17(27)21(18)20)12-5-3-2-4-6-12/h2-7,10,13,20,28H,8-9,26H2,1H3/t13-,20-/m1/s1. The Hall–Kier alpha value is -3.24. The number of ketones is 1. The number of hydrogen-bond acceptors (Lipinski definition) is 6. The van der Waals surface area contributed by atoms with Gasteiger partial charge in [0.05, 0.1) is 17.5 Å². The van der Waals surface area contributed by atoms with E-state index >= 15 is 0 Å². The number of allylic oxidation sites excluding steroid dienone is 3. The Morgan fingerprint density at radius 1 is 1.23 bits per heavy atom. The summed E-state index contributed by atoms with van der Waals surface area (Å²) in [6.45, 7) is 0. The van der Waals surface area contributed by atoms with E-state index in [-0.39, 0.29) is 34.7 Å². The van der Waals surface area contributed by atoms with Crippen LogP contribution in [0.4, 0.5) is 0 Å². The van der Waals surface area contributed by atoms with Crippen LogP contribution >= 0.6 is 15.9 Å². The van der Waals surface area contributed by atoms with Gasteiger partial charge in [0.15, 0.2) is 17.3 Å². The molecular weight excluding hydrogens is 448 g/mol. The van der Waals surface area contributed by atoms with Crippen molar-refractivity contribution in [3.05, 3.63) is 80.9 Å². The Morgan fingerprint density at radius 3 is 2.63 bits per heavy atom. The summed E-state index contributed by atoms with van der Waals surface area (Å²) >= 11 is 3.31. The minimum atomic E-state index is -0.686. The monoisotopic (exact) mass is 466 g/mol. The van der Waals surface area contributed by atoms with Crippen LogP contribution in [0.5, 0.6) is 11.5 Å². The summed E-state index contributed by atoms with van der Waals surface area (Å²) < 4.78 is 11.4. The van der Waals surface area contributed by atoms with E-state index in [2.05, 4.69) is 22.0 Å². The third-order valence-electron chi connectivity index (χ3n) is 5.54. The number of nitrogens with zero attached hydrogens (tertiary/aromatic N) is 1. The zero-order valence-electron chi connectivity index (χ0n) is 16.2. The van der Waals surface area contributed by atoms with E-state index in [1.165, 1.54) is 7.11 Å². The number of nitriles is 1. The minimum Gasteiger partial charge on any atom is -0.503 e. The van der Waals surface area contributed by atoms with Crippen molar-refractivity contribution in [3.8, 4) is 17.6 Å². The van der Waals surface area contributed by atoms with Crippen LogP contribution in [0.3, 0.4) is 0 Å². The van der Waals surface area contributed by atoms with Crippen LogP contribution in [0.2, 0.25) is 0 Å². The average Bonchev–Trinajstić information content (AvgIpc) is 2.75. The molecule has 3 N–H and O–H groups in total. The van der Waals surface area contributed by atoms with Gasteiger partial charge in [0.2, 0.25) is 5.88 Å². The lowest BCUT2D eigenvalue weighted by Gasteiger charge is -2.34. The highest BCUT2D eigenvalue weighted by atomic mass is 79.9. The lowest BCUT2D eigenvalue weighted by atomic mass is 9.73. The molecule has 0 aromatic heterocycles. The van der Waals surface area contributed by atoms with Gasteiger partial charge in [-0.1, -0.05) is 30.3 Å². The number of hydrogen-bond donors (Lipinski definition) is 2. The van der Waals surface area contributed by atoms with Crippen molar-refractivity contribution < 1.29 is 19.4 Å². The van der Waals surface area contributed by atoms with Crippen molar-refractivity contribution in [2.45, 2.75) is 24.7 Å². The van der Waals surface area contributed by atoms with Crippen molar-refractivity contribution in [2.75, 3.05) is 7.11 Å². The lowest BCUT2D eigenvalue weighted by Crippen LogP contribution is -2.29. The first-order chi connectivity index (χ1) is 14.4. The Labute approximate surface area is 182 Å². The van der Waals surface area contributed by atoms with Crippen molar-refractivity contribution in [3.63, 3.8) is 0 Å². The van der Waals surface area contributed by atoms with Crippen molar-refractivity contribution >= 4 is 21.7 Å². The molecule has 0 spiro atoms. The number of phenols is 1. The Balaban J connectivity index is 1.84. The number of halogens is 1. The molecule has 2 aliphatic rings. The molecule has 1 heterocycles. The Kier molecular flexibility index (Phi) is 5.27. The van der Waals surface area contributed by atoms with Crippen LogP contribution in [0.15, 0.2) is 69.7 Å². The van der Waals surface area contributed by atoms with Crippen LogP contribution in [0.1, 0.15) is 35.8 Å². The first kappa shape index (κ1) is 20.0. The fourth-order valence-electron chi connectivity index (χ4n) is 4.12. The maximum atomic E-state index is 13.3. The van der Waals surface area contributed by atoms with E-state index in [4.69, 9.17) is 15.2 Å². The molecule has 1 aliphatic carbocycles. The highest BCUT2D eigenvalue weighted by molar-refractivity contribution is 9.10. The summed E-state index contributed by atoms with van der Waals surface area (Å²) in [4.78, 5) is 13.3. The highest BCUT2D eigenvalue weighted by Crippen LogP contribution is 2.48. The van der Waals surface area contributed by atoms with Gasteiger partial charge in [-0.2, -0.15) is 5.26 Å². The topological polar surface area (TPSA) is 106 Å². The summed E-state index contributed by atoms with van der Waals surface area (Å²) in [5, 5.41) is 19.9. The molecule has 0 bridgehead atoms. The van der Waals surface area contributed by atoms with Crippen LogP contribution < -0.4 is 10.5 Å². The minimum absolute atomic E-state index is 0.00840. The molecule has 0 saturated carbocycles. The summed E-state index contributed by atoms with van der Waals surface area (Å²) in [5.74, 6) is -0.134. The fourth-order valence-corrected chi connectivity index (χ4v) is 4.58. The number of ether oxygens (including phenoxy) is 2. The molecule has 30 heavy (non-hydrogen) atoms. The highest BCUT2D eigenvalue weighted by Gasteiger charge is 2.41. The molecule has 0 unspecified atom stereocenters. The predicted molar refractivity (Wildman–Crippen MR) is 113 cm³/mol. The van der Waals surface area contributed by atoms with Crippen molar-refractivity contribution in [1.82, 2.24) is 0 Å². The number of rotatable bonds is 3. The summed E-state index contributed by atoms with van der Waals surface area (Å²) in [6.07, 6.45) is 0.828. The predicted octanol–water partition coefficient (Wildman–Crippen LogP) is 4.37. The van der Waals surface area contributed by atoms with Gasteiger partial charge in [-0.15, -0.1) is 0 Å². The molecule has 2 aromatic rings. The average molecular weight is 467 g/mol. The van der Waals surface area contributed by atoms with E-state index in [9.17, 15) is 15.2 Å². The van der Waals surface area contributed by atoms with Crippen molar-refractivity contribution in [1.29, 1.82) is 5.26 Å². The molecule has 2 atom stereocenters. The molecule has 6 nitrogen and oxygen atoms in total. The maximum absolute atomic E-state index is 13.3. The van der Waals surface area contributed by atoms with E-state index in [0.29, 0.717) is 34.2 Å². The molecule has 0 amide bonds. The van der Waals surface area contributed by atoms with Gasteiger partial charge in [-0.05, 0) is 45.1 Å². The van der Waals surface area contributed by atoms with E-state index in [1.54, 1.807) is 12.1 Å². The molecule has 0 radical (unpaired) electrons. The van der Waals surface area contributed by atoms with E-state index in [1.807, 2.05) is 30.3 Å². The SMILES string of the molecule is COc1cc([C@@H]2C(C#N)=C(N)OC3=C2C(=O)C[C@@H](c2ccccc2)C3)cc(Br)c1O. The lowest BCUT2D eigenvalue weighted by molar-refractivity contribution is -0.117. The van der Waals surface area contributed by atoms with Crippen LogP contribution in [-0.4, -0.2) is 18.0 Å². The van der Waals surface area contributed by atoms with Gasteiger partial charge >= 0.3 is 0 Å². The van der Waals surface area contributed by atoms with E-state index < -0.39 is 5.92 Å². The van der Waals surface area contributed by atoms with Crippen LogP contribution in [-0.2, 0) is 9.53 Å². The second kappa shape index (κ2) is 7.88. The Morgan fingerprint density at radius 2 is 1.97 bits per heavy atom.